The van der Waals surface area contributed by atoms with Crippen molar-refractivity contribution in [3.63, 3.8) is 0 Å². The van der Waals surface area contributed by atoms with Crippen LogP contribution in [0.3, 0.4) is 0 Å². The van der Waals surface area contributed by atoms with E-state index < -0.39 is 0 Å². The molecule has 0 saturated carbocycles. The maximum absolute atomic E-state index is 12.4. The molecule has 0 aromatic carbocycles. The highest BCUT2D eigenvalue weighted by Crippen LogP contribution is 2.37. The minimum atomic E-state index is -0.262. The Morgan fingerprint density at radius 2 is 2.25 bits per heavy atom. The Balaban J connectivity index is 1.32. The molecule has 2 aliphatic rings. The van der Waals surface area contributed by atoms with Crippen molar-refractivity contribution in [3.05, 3.63) is 54.2 Å². The monoisotopic (exact) mass is 328 g/mol. The van der Waals surface area contributed by atoms with E-state index in [0.717, 1.165) is 18.4 Å². The first kappa shape index (κ1) is 15.4. The summed E-state index contributed by atoms with van der Waals surface area (Å²) >= 11 is 0. The number of hydrogen-bond acceptors (Lipinski definition) is 5. The summed E-state index contributed by atoms with van der Waals surface area (Å²) in [6, 6.07) is 5.60. The minimum Gasteiger partial charge on any atom is -0.472 e. The number of carbonyl (C=O) groups excluding carboxylic acids is 1. The van der Waals surface area contributed by atoms with Crippen LogP contribution in [0.4, 0.5) is 0 Å². The van der Waals surface area contributed by atoms with Crippen LogP contribution in [0.5, 0.6) is 0 Å². The van der Waals surface area contributed by atoms with E-state index in [-0.39, 0.29) is 17.6 Å². The van der Waals surface area contributed by atoms with E-state index in [1.165, 1.54) is 12.5 Å². The molecule has 0 N–H and O–H groups in total. The zero-order valence-corrected chi connectivity index (χ0v) is 13.4. The van der Waals surface area contributed by atoms with Crippen LogP contribution in [0, 0.1) is 0 Å². The summed E-state index contributed by atoms with van der Waals surface area (Å²) < 4.78 is 17.0. The molecule has 2 fully saturated rings. The Morgan fingerprint density at radius 3 is 3.04 bits per heavy atom. The number of aromatic nitrogens is 1. The average Bonchev–Trinajstić information content (AvgIpc) is 3.36. The highest BCUT2D eigenvalue weighted by molar-refractivity contribution is 5.94. The van der Waals surface area contributed by atoms with Gasteiger partial charge in [0.1, 0.15) is 6.26 Å². The number of carbonyl (C=O) groups is 1. The molecular weight excluding hydrogens is 308 g/mol. The molecule has 2 saturated heterocycles. The summed E-state index contributed by atoms with van der Waals surface area (Å²) in [4.78, 5) is 18.3. The van der Waals surface area contributed by atoms with Gasteiger partial charge in [0, 0.05) is 25.4 Å². The van der Waals surface area contributed by atoms with Crippen LogP contribution >= 0.6 is 0 Å². The van der Waals surface area contributed by atoms with Gasteiger partial charge in [-0.1, -0.05) is 0 Å². The molecule has 0 bridgehead atoms. The van der Waals surface area contributed by atoms with Gasteiger partial charge >= 0.3 is 0 Å². The van der Waals surface area contributed by atoms with Crippen molar-refractivity contribution >= 4 is 5.91 Å². The van der Waals surface area contributed by atoms with E-state index >= 15 is 0 Å². The first-order valence-corrected chi connectivity index (χ1v) is 8.20. The van der Waals surface area contributed by atoms with Crippen molar-refractivity contribution in [1.29, 1.82) is 0 Å². The van der Waals surface area contributed by atoms with E-state index in [4.69, 9.17) is 13.9 Å². The number of furan rings is 1. The molecule has 0 radical (unpaired) electrons. The molecule has 0 unspecified atom stereocenters. The third-order valence-electron chi connectivity index (χ3n) is 4.78. The van der Waals surface area contributed by atoms with Crippen LogP contribution in [0.15, 0.2) is 47.5 Å². The second-order valence-electron chi connectivity index (χ2n) is 6.48. The van der Waals surface area contributed by atoms with Gasteiger partial charge in [0.15, 0.2) is 0 Å². The first-order valence-electron chi connectivity index (χ1n) is 8.20. The first-order chi connectivity index (χ1) is 11.7. The molecular formula is C18H20N2O4. The Labute approximate surface area is 140 Å². The van der Waals surface area contributed by atoms with Gasteiger partial charge < -0.3 is 18.8 Å². The number of likely N-dealkylation sites (tertiary alicyclic amines) is 1. The molecule has 0 aliphatic carbocycles. The number of rotatable bonds is 4. The van der Waals surface area contributed by atoms with Gasteiger partial charge in [0.25, 0.3) is 5.91 Å². The van der Waals surface area contributed by atoms with Crippen molar-refractivity contribution < 1.29 is 18.7 Å². The van der Waals surface area contributed by atoms with Crippen LogP contribution in [-0.4, -0.2) is 47.2 Å². The van der Waals surface area contributed by atoms with Crippen molar-refractivity contribution in [3.8, 4) is 0 Å². The van der Waals surface area contributed by atoms with Crippen LogP contribution in [0.1, 0.15) is 28.8 Å². The van der Waals surface area contributed by atoms with E-state index in [1.54, 1.807) is 18.5 Å². The van der Waals surface area contributed by atoms with Crippen molar-refractivity contribution in [2.45, 2.75) is 31.2 Å². The van der Waals surface area contributed by atoms with E-state index in [0.29, 0.717) is 31.9 Å². The number of nitrogens with zero attached hydrogens (tertiary/aromatic N) is 2. The lowest BCUT2D eigenvalue weighted by atomic mass is 9.98. The number of pyridine rings is 1. The Morgan fingerprint density at radius 1 is 1.38 bits per heavy atom. The van der Waals surface area contributed by atoms with Crippen molar-refractivity contribution in [2.24, 2.45) is 0 Å². The molecule has 126 valence electrons. The van der Waals surface area contributed by atoms with E-state index in [9.17, 15) is 4.79 Å². The molecule has 6 nitrogen and oxygen atoms in total. The fourth-order valence-corrected chi connectivity index (χ4v) is 3.47. The summed E-state index contributed by atoms with van der Waals surface area (Å²) in [6.07, 6.45) is 8.29. The molecule has 2 aromatic rings. The SMILES string of the molecule is O=C(c1ccoc1)N1CC[C@]2(C[C@H](OCc3ccncc3)CO2)C1. The lowest BCUT2D eigenvalue weighted by molar-refractivity contribution is 0.000267. The fraction of sp³-hybridized carbons (Fsp3) is 0.444. The van der Waals surface area contributed by atoms with Crippen LogP contribution < -0.4 is 0 Å². The van der Waals surface area contributed by atoms with Crippen LogP contribution in [-0.2, 0) is 16.1 Å². The Kier molecular flexibility index (Phi) is 4.08. The maximum Gasteiger partial charge on any atom is 0.257 e. The molecule has 4 heterocycles. The smallest absolute Gasteiger partial charge is 0.257 e. The number of amides is 1. The van der Waals surface area contributed by atoms with Gasteiger partial charge in [0.2, 0.25) is 0 Å². The summed E-state index contributed by atoms with van der Waals surface area (Å²) in [7, 11) is 0. The van der Waals surface area contributed by atoms with Crippen molar-refractivity contribution in [2.75, 3.05) is 19.7 Å². The lowest BCUT2D eigenvalue weighted by Crippen LogP contribution is -2.36. The zero-order valence-electron chi connectivity index (χ0n) is 13.4. The normalized spacial score (nSPS) is 26.3. The quantitative estimate of drug-likeness (QED) is 0.861. The van der Waals surface area contributed by atoms with Gasteiger partial charge in [-0.3, -0.25) is 9.78 Å². The molecule has 1 amide bonds. The summed E-state index contributed by atoms with van der Waals surface area (Å²) in [6.45, 7) is 2.47. The minimum absolute atomic E-state index is 0.00498. The highest BCUT2D eigenvalue weighted by Gasteiger charge is 2.47. The number of hydrogen-bond donors (Lipinski definition) is 0. The lowest BCUT2D eigenvalue weighted by Gasteiger charge is -2.23. The van der Waals surface area contributed by atoms with Crippen LogP contribution in [0.25, 0.3) is 0 Å². The summed E-state index contributed by atoms with van der Waals surface area (Å²) in [5.41, 5.74) is 1.44. The fourth-order valence-electron chi connectivity index (χ4n) is 3.47. The molecule has 1 spiro atoms. The highest BCUT2D eigenvalue weighted by atomic mass is 16.6. The molecule has 2 aliphatic heterocycles. The summed E-state index contributed by atoms with van der Waals surface area (Å²) in [5, 5.41) is 0. The Hall–Kier alpha value is -2.18. The largest absolute Gasteiger partial charge is 0.472 e. The average molecular weight is 328 g/mol. The molecule has 24 heavy (non-hydrogen) atoms. The molecule has 6 heteroatoms. The van der Waals surface area contributed by atoms with Gasteiger partial charge in [-0.05, 0) is 30.2 Å². The second kappa shape index (κ2) is 6.37. The predicted molar refractivity (Wildman–Crippen MR) is 85.3 cm³/mol. The van der Waals surface area contributed by atoms with Gasteiger partial charge in [-0.25, -0.2) is 0 Å². The second-order valence-corrected chi connectivity index (χ2v) is 6.48. The van der Waals surface area contributed by atoms with Crippen LogP contribution in [0.2, 0.25) is 0 Å². The summed E-state index contributed by atoms with van der Waals surface area (Å²) in [5.74, 6) is 0.00498. The van der Waals surface area contributed by atoms with Gasteiger partial charge in [-0.2, -0.15) is 0 Å². The van der Waals surface area contributed by atoms with E-state index in [1.807, 2.05) is 17.0 Å². The van der Waals surface area contributed by atoms with Gasteiger partial charge in [0.05, 0.1) is 43.3 Å². The zero-order chi connectivity index (χ0) is 16.4. The third kappa shape index (κ3) is 3.07. The third-order valence-corrected chi connectivity index (χ3v) is 4.78. The standard InChI is InChI=1S/C18H20N2O4/c21-17(15-3-8-22-11-15)20-7-4-18(13-20)9-16(12-24-18)23-10-14-1-5-19-6-2-14/h1-3,5-6,8,11,16H,4,7,9-10,12-13H2/t16-,18-/m0/s1. The van der Waals surface area contributed by atoms with Crippen molar-refractivity contribution in [1.82, 2.24) is 9.88 Å². The van der Waals surface area contributed by atoms with Gasteiger partial charge in [-0.15, -0.1) is 0 Å². The maximum atomic E-state index is 12.4. The molecule has 2 atom stereocenters. The molecule has 2 aromatic heterocycles. The molecule has 4 rings (SSSR count). The topological polar surface area (TPSA) is 64.8 Å². The van der Waals surface area contributed by atoms with E-state index in [2.05, 4.69) is 4.98 Å². The number of ether oxygens (including phenoxy) is 2. The predicted octanol–water partition coefficient (Wildman–Crippen LogP) is 2.27. The Bertz CT molecular complexity index is 688.